The SMILES string of the molecule is Cl.Cl.[C-]1=CC=CC1.[CH2-]C1CCCC1.[CH2-]C1CCCC1.[CH2]=[Zr].[c-]1cccc2ccc3c(c12)Cc1ccccc1-3. The summed E-state index contributed by atoms with van der Waals surface area (Å²) in [7, 11) is 0. The fourth-order valence-corrected chi connectivity index (χ4v) is 5.18. The first kappa shape index (κ1) is 34.8. The van der Waals surface area contributed by atoms with Gasteiger partial charge in [-0.2, -0.15) is 17.9 Å². The van der Waals surface area contributed by atoms with E-state index in [2.05, 4.69) is 84.8 Å². The molecule has 7 rings (SSSR count). The number of halogens is 2. The zero-order valence-electron chi connectivity index (χ0n) is 22.6. The van der Waals surface area contributed by atoms with Crippen molar-refractivity contribution in [2.45, 2.75) is 64.2 Å². The van der Waals surface area contributed by atoms with Crippen LogP contribution in [0.15, 0.2) is 72.8 Å². The summed E-state index contributed by atoms with van der Waals surface area (Å²) in [5.74, 6) is 1.59. The molecule has 0 bridgehead atoms. The van der Waals surface area contributed by atoms with Crippen molar-refractivity contribution in [3.63, 3.8) is 0 Å². The van der Waals surface area contributed by atoms with Crippen molar-refractivity contribution in [3.05, 3.63) is 110 Å². The Hall–Kier alpha value is -1.27. The summed E-state index contributed by atoms with van der Waals surface area (Å²) >= 11 is 1.30. The Balaban J connectivity index is 0.000000286. The van der Waals surface area contributed by atoms with E-state index >= 15 is 0 Å². The van der Waals surface area contributed by atoms with Gasteiger partial charge in [-0.25, -0.2) is 12.2 Å². The van der Waals surface area contributed by atoms with Crippen LogP contribution in [-0.4, -0.2) is 4.21 Å². The maximum Gasteiger partial charge on any atom is -0.0246 e. The van der Waals surface area contributed by atoms with Crippen molar-refractivity contribution < 1.29 is 24.2 Å². The Kier molecular flexibility index (Phi) is 18.1. The van der Waals surface area contributed by atoms with E-state index in [1.54, 1.807) is 0 Å². The average Bonchev–Trinajstić information content (AvgIpc) is 3.75. The van der Waals surface area contributed by atoms with Gasteiger partial charge in [-0.05, 0) is 17.5 Å². The van der Waals surface area contributed by atoms with E-state index in [-0.39, 0.29) is 24.8 Å². The van der Waals surface area contributed by atoms with Crippen molar-refractivity contribution in [3.8, 4) is 11.1 Å². The number of benzene rings is 3. The molecule has 0 heterocycles. The standard InChI is InChI=1S/C17H11.2C6H11.C5H5.CH2.2ClH.Zr/c1-3-7-14-12(5-1)9-10-16-15-8-4-2-6-13(15)11-17(14)16;2*1-6-4-2-3-5-6;1-2-4-5-3-1;;;;/h1-6,8-10H,11H2;2*6H,1-5H2;1-3H,4H2;1H2;2*1H;/q4*-1;;;;. The molecule has 4 aliphatic carbocycles. The molecule has 3 heteroatoms. The Morgan fingerprint density at radius 2 is 1.39 bits per heavy atom. The average molecular weight is 625 g/mol. The zero-order valence-corrected chi connectivity index (χ0v) is 26.7. The first-order valence-corrected chi connectivity index (χ1v) is 15.2. The van der Waals surface area contributed by atoms with Gasteiger partial charge in [0, 0.05) is 0 Å². The normalized spacial score (nSPS) is 16.0. The third-order valence-electron chi connectivity index (χ3n) is 7.15. The van der Waals surface area contributed by atoms with Crippen LogP contribution in [0.4, 0.5) is 0 Å². The second-order valence-corrected chi connectivity index (χ2v) is 9.86. The topological polar surface area (TPSA) is 0 Å². The second kappa shape index (κ2) is 19.7. The van der Waals surface area contributed by atoms with Gasteiger partial charge >= 0.3 is 28.4 Å². The summed E-state index contributed by atoms with van der Waals surface area (Å²) in [5.41, 5.74) is 5.65. The Labute approximate surface area is 259 Å². The van der Waals surface area contributed by atoms with E-state index in [1.165, 1.54) is 109 Å². The van der Waals surface area contributed by atoms with Crippen molar-refractivity contribution >= 4 is 39.8 Å². The molecule has 0 atom stereocenters. The number of hydrogen-bond donors (Lipinski definition) is 0. The summed E-state index contributed by atoms with van der Waals surface area (Å²) in [6, 6.07) is 22.7. The third-order valence-corrected chi connectivity index (χ3v) is 7.15. The quantitative estimate of drug-likeness (QED) is 0.171. The van der Waals surface area contributed by atoms with Crippen LogP contribution in [0, 0.1) is 37.8 Å². The van der Waals surface area contributed by atoms with E-state index < -0.39 is 0 Å². The molecule has 0 aliphatic heterocycles. The molecule has 0 nitrogen and oxygen atoms in total. The van der Waals surface area contributed by atoms with Gasteiger partial charge in [0.15, 0.2) is 0 Å². The molecule has 0 spiro atoms. The molecular formula is C35H42Cl2Zr-4. The van der Waals surface area contributed by atoms with Crippen molar-refractivity contribution in [2.75, 3.05) is 0 Å². The summed E-state index contributed by atoms with van der Waals surface area (Å²) in [5, 5.41) is 2.57. The Bertz CT molecular complexity index is 1100. The van der Waals surface area contributed by atoms with Crippen molar-refractivity contribution in [1.82, 2.24) is 0 Å². The van der Waals surface area contributed by atoms with Gasteiger partial charge in [0.2, 0.25) is 0 Å². The van der Waals surface area contributed by atoms with Crippen LogP contribution in [0.2, 0.25) is 0 Å². The first-order valence-electron chi connectivity index (χ1n) is 13.5. The minimum Gasteiger partial charge on any atom is -0.147 e. The van der Waals surface area contributed by atoms with Crippen LogP contribution in [0.1, 0.15) is 68.9 Å². The molecule has 0 unspecified atom stereocenters. The van der Waals surface area contributed by atoms with Gasteiger partial charge < -0.3 is 13.8 Å². The first-order chi connectivity index (χ1) is 17.7. The van der Waals surface area contributed by atoms with E-state index in [0.29, 0.717) is 0 Å². The maximum absolute atomic E-state index is 3.94. The van der Waals surface area contributed by atoms with Crippen LogP contribution in [0.5, 0.6) is 0 Å². The van der Waals surface area contributed by atoms with Crippen molar-refractivity contribution in [2.24, 2.45) is 11.8 Å². The predicted molar refractivity (Wildman–Crippen MR) is 169 cm³/mol. The smallest absolute Gasteiger partial charge is 0.0246 e. The van der Waals surface area contributed by atoms with Crippen LogP contribution < -0.4 is 0 Å². The molecule has 0 radical (unpaired) electrons. The van der Waals surface area contributed by atoms with Gasteiger partial charge in [0.25, 0.3) is 0 Å². The van der Waals surface area contributed by atoms with Crippen LogP contribution in [0.3, 0.4) is 0 Å². The van der Waals surface area contributed by atoms with Gasteiger partial charge in [0.05, 0.1) is 0 Å². The van der Waals surface area contributed by atoms with Crippen LogP contribution in [-0.2, 0) is 30.7 Å². The fourth-order valence-electron chi connectivity index (χ4n) is 5.18. The number of fused-ring (bicyclic) bond motifs is 5. The third kappa shape index (κ3) is 10.7. The number of rotatable bonds is 0. The van der Waals surface area contributed by atoms with E-state index in [0.717, 1.165) is 24.7 Å². The second-order valence-electron chi connectivity index (χ2n) is 9.86. The van der Waals surface area contributed by atoms with Gasteiger partial charge in [0.1, 0.15) is 0 Å². The summed E-state index contributed by atoms with van der Waals surface area (Å²) in [6.45, 7) is 7.88. The molecule has 204 valence electrons. The van der Waals surface area contributed by atoms with Gasteiger partial charge in [-0.15, -0.1) is 71.8 Å². The largest absolute Gasteiger partial charge is 0.147 e. The molecule has 0 saturated heterocycles. The van der Waals surface area contributed by atoms with Crippen LogP contribution >= 0.6 is 24.8 Å². The van der Waals surface area contributed by atoms with Crippen LogP contribution in [0.25, 0.3) is 21.9 Å². The van der Waals surface area contributed by atoms with E-state index in [4.69, 9.17) is 0 Å². The molecule has 0 amide bonds. The summed E-state index contributed by atoms with van der Waals surface area (Å²) in [4.78, 5) is 0. The predicted octanol–water partition coefficient (Wildman–Crippen LogP) is 10.3. The Morgan fingerprint density at radius 3 is 1.89 bits per heavy atom. The maximum atomic E-state index is 3.94. The molecule has 2 fully saturated rings. The van der Waals surface area contributed by atoms with E-state index in [9.17, 15) is 0 Å². The number of allylic oxidation sites excluding steroid dienone is 4. The monoisotopic (exact) mass is 622 g/mol. The molecule has 38 heavy (non-hydrogen) atoms. The molecule has 3 aromatic carbocycles. The number of hydrogen-bond acceptors (Lipinski definition) is 0. The van der Waals surface area contributed by atoms with Crippen molar-refractivity contribution in [1.29, 1.82) is 0 Å². The summed E-state index contributed by atoms with van der Waals surface area (Å²) in [6.07, 6.45) is 22.2. The zero-order chi connectivity index (χ0) is 25.6. The fraction of sp³-hybridized carbons (Fsp3) is 0.343. The minimum absolute atomic E-state index is 0. The van der Waals surface area contributed by atoms with Gasteiger partial charge in [-0.1, -0.05) is 93.3 Å². The molecule has 0 aromatic heterocycles. The van der Waals surface area contributed by atoms with E-state index in [1.807, 2.05) is 18.2 Å². The molecule has 0 N–H and O–H groups in total. The molecule has 2 saturated carbocycles. The molecular weight excluding hydrogens is 583 g/mol. The Morgan fingerprint density at radius 1 is 0.763 bits per heavy atom. The molecule has 4 aliphatic rings. The van der Waals surface area contributed by atoms with Gasteiger partial charge in [-0.3, -0.25) is 6.08 Å². The minimum atomic E-state index is 0. The summed E-state index contributed by atoms with van der Waals surface area (Å²) < 4.78 is 3.34. The molecule has 3 aromatic rings.